The highest BCUT2D eigenvalue weighted by atomic mass is 32.2. The number of rotatable bonds is 26. The van der Waals surface area contributed by atoms with E-state index in [1.54, 1.807) is 0 Å². The Balaban J connectivity index is 0.000000149. The van der Waals surface area contributed by atoms with Crippen molar-refractivity contribution in [3.8, 4) is 33.4 Å². The van der Waals surface area contributed by atoms with Crippen LogP contribution in [0.4, 0.5) is 40.1 Å². The highest BCUT2D eigenvalue weighted by Gasteiger charge is 2.29. The molecule has 6 aromatic carbocycles. The van der Waals surface area contributed by atoms with Crippen LogP contribution in [0.25, 0.3) is 66.9 Å². The van der Waals surface area contributed by atoms with Crippen molar-refractivity contribution in [2.45, 2.75) is 206 Å². The number of carbonyl (C=O) groups is 2. The second kappa shape index (κ2) is 37.8. The van der Waals surface area contributed by atoms with Crippen LogP contribution in [0.1, 0.15) is 167 Å². The first-order valence-electron chi connectivity index (χ1n) is 40.0. The molecule has 596 valence electrons. The molecule has 0 saturated heterocycles. The van der Waals surface area contributed by atoms with Crippen LogP contribution >= 0.6 is 0 Å². The summed E-state index contributed by atoms with van der Waals surface area (Å²) in [5.74, 6) is 4.02. The van der Waals surface area contributed by atoms with Crippen LogP contribution in [0.2, 0.25) is 0 Å². The Morgan fingerprint density at radius 1 is 0.395 bits per heavy atom. The molecule has 9 N–H and O–H groups in total. The van der Waals surface area contributed by atoms with Crippen molar-refractivity contribution in [3.63, 3.8) is 0 Å². The van der Waals surface area contributed by atoms with E-state index in [9.17, 15) is 18.0 Å². The number of fused-ring (bicyclic) bond motifs is 3. The van der Waals surface area contributed by atoms with Gasteiger partial charge in [0, 0.05) is 80.4 Å². The number of amides is 2. The normalized spacial score (nSPS) is 17.6. The van der Waals surface area contributed by atoms with Crippen molar-refractivity contribution in [1.29, 1.82) is 0 Å². The summed E-state index contributed by atoms with van der Waals surface area (Å²) in [6.45, 7) is 16.5. The van der Waals surface area contributed by atoms with Gasteiger partial charge in [-0.25, -0.2) is 32.9 Å². The van der Waals surface area contributed by atoms with Gasteiger partial charge in [0.05, 0.1) is 32.3 Å². The van der Waals surface area contributed by atoms with E-state index in [4.69, 9.17) is 34.6 Å². The number of hydrogen-bond donors (Lipinski definition) is 9. The molecule has 3 aliphatic carbocycles. The topological polar surface area (TPSA) is 317 Å². The number of alkyl carbamates (subject to hydrolysis) is 1. The maximum atomic E-state index is 11.8. The number of sulfonamides is 1. The highest BCUT2D eigenvalue weighted by Crippen LogP contribution is 2.33. The van der Waals surface area contributed by atoms with E-state index in [2.05, 4.69) is 251 Å². The number of anilines is 6. The van der Waals surface area contributed by atoms with Crippen LogP contribution < -0.4 is 47.3 Å². The molecule has 0 bridgehead atoms. The number of methoxy groups -OCH3 is 1. The zero-order chi connectivity index (χ0) is 79.7. The van der Waals surface area contributed by atoms with Gasteiger partial charge >= 0.3 is 6.09 Å². The zero-order valence-corrected chi connectivity index (χ0v) is 67.5. The SMILES string of the molecule is CC(C)n1cnc2c(NCc3ccc(-c4ccccc4)cc3)nc(NC3CCC(NS(C)(=O)=O)CC3)nc21.CCC(=O)NC1CCC(Nc2nc(NCc3ccc(-c4ccccc4)cc3)c3ncn(C(C)C)c3n2)CC1.COC(=O)NC1CCC(Nc2nc(NCc3ccc(-c4ccccc4)cc3)c3ncn(C(C)C)c3n2)CC1. The van der Waals surface area contributed by atoms with Crippen LogP contribution in [0, 0.1) is 0 Å². The van der Waals surface area contributed by atoms with Crippen LogP contribution in [0.3, 0.4) is 0 Å². The minimum Gasteiger partial charge on any atom is -0.453 e. The second-order valence-electron chi connectivity index (χ2n) is 30.7. The van der Waals surface area contributed by atoms with Gasteiger partial charge < -0.3 is 61.0 Å². The molecule has 6 aromatic heterocycles. The van der Waals surface area contributed by atoms with E-state index in [1.807, 2.05) is 56.2 Å². The van der Waals surface area contributed by atoms with E-state index in [0.717, 1.165) is 127 Å². The number of imidazole rings is 3. The highest BCUT2D eigenvalue weighted by molar-refractivity contribution is 7.88. The predicted octanol–water partition coefficient (Wildman–Crippen LogP) is 16.7. The van der Waals surface area contributed by atoms with Gasteiger partial charge in [-0.2, -0.15) is 29.9 Å². The molecule has 0 spiro atoms. The number of nitrogens with one attached hydrogen (secondary N) is 9. The van der Waals surface area contributed by atoms with Gasteiger partial charge in [-0.3, -0.25) is 4.79 Å². The van der Waals surface area contributed by atoms with Crippen LogP contribution in [-0.4, -0.2) is 129 Å². The lowest BCUT2D eigenvalue weighted by atomic mass is 9.91. The Morgan fingerprint density at radius 3 is 0.956 bits per heavy atom. The predicted molar refractivity (Wildman–Crippen MR) is 456 cm³/mol. The smallest absolute Gasteiger partial charge is 0.407 e. The summed E-state index contributed by atoms with van der Waals surface area (Å²) in [4.78, 5) is 66.2. The first-order valence-corrected chi connectivity index (χ1v) is 41.9. The number of nitrogens with zero attached hydrogens (tertiary/aromatic N) is 12. The van der Waals surface area contributed by atoms with E-state index in [0.29, 0.717) is 55.5 Å². The molecule has 3 fully saturated rings. The van der Waals surface area contributed by atoms with Crippen molar-refractivity contribution in [3.05, 3.63) is 199 Å². The molecule has 3 saturated carbocycles. The lowest BCUT2D eigenvalue weighted by Crippen LogP contribution is -2.40. The summed E-state index contributed by atoms with van der Waals surface area (Å²) in [6, 6.07) is 58.5. The second-order valence-corrected chi connectivity index (χ2v) is 32.5. The molecule has 26 nitrogen and oxygen atoms in total. The molecule has 3 aliphatic rings. The Hall–Kier alpha value is -11.6. The fourth-order valence-corrected chi connectivity index (χ4v) is 15.7. The van der Waals surface area contributed by atoms with Gasteiger partial charge in [0.1, 0.15) is 0 Å². The molecular weight excluding hydrogens is 1450 g/mol. The van der Waals surface area contributed by atoms with Gasteiger partial charge in [0.15, 0.2) is 50.9 Å². The van der Waals surface area contributed by atoms with Gasteiger partial charge in [0.2, 0.25) is 33.8 Å². The summed E-state index contributed by atoms with van der Waals surface area (Å²) in [7, 11) is -1.80. The number of benzene rings is 6. The molecule has 6 heterocycles. The fourth-order valence-electron chi connectivity index (χ4n) is 14.9. The van der Waals surface area contributed by atoms with Crippen molar-refractivity contribution in [1.82, 2.24) is 73.9 Å². The lowest BCUT2D eigenvalue weighted by molar-refractivity contribution is -0.121. The molecular formula is C87H107N21O5S. The fraction of sp³-hybridized carbons (Fsp3) is 0.391. The third kappa shape index (κ3) is 21.4. The monoisotopic (exact) mass is 1560 g/mol. The van der Waals surface area contributed by atoms with E-state index < -0.39 is 10.0 Å². The molecule has 12 aromatic rings. The van der Waals surface area contributed by atoms with Crippen molar-refractivity contribution >= 4 is 90.8 Å². The maximum absolute atomic E-state index is 11.8. The zero-order valence-electron chi connectivity index (χ0n) is 66.6. The van der Waals surface area contributed by atoms with Crippen LogP contribution in [0.15, 0.2) is 183 Å². The molecule has 2 amide bonds. The maximum Gasteiger partial charge on any atom is 0.407 e. The number of carbonyl (C=O) groups excluding carboxylic acids is 2. The first-order chi connectivity index (χ1) is 55.2. The largest absolute Gasteiger partial charge is 0.453 e. The molecule has 114 heavy (non-hydrogen) atoms. The number of aromatic nitrogens is 12. The van der Waals surface area contributed by atoms with Crippen LogP contribution in [-0.2, 0) is 39.2 Å². The summed E-state index contributed by atoms with van der Waals surface area (Å²) in [5.41, 5.74) is 15.3. The van der Waals surface area contributed by atoms with Gasteiger partial charge in [-0.15, -0.1) is 0 Å². The van der Waals surface area contributed by atoms with Crippen molar-refractivity contribution in [2.75, 3.05) is 45.3 Å². The third-order valence-corrected chi connectivity index (χ3v) is 22.0. The van der Waals surface area contributed by atoms with E-state index in [-0.39, 0.29) is 66.4 Å². The van der Waals surface area contributed by atoms with E-state index >= 15 is 0 Å². The number of hydrogen-bond acceptors (Lipinski definition) is 20. The minimum atomic E-state index is -3.20. The minimum absolute atomic E-state index is 0.0145. The average molecular weight is 1560 g/mol. The Labute approximate surface area is 667 Å². The molecule has 0 atom stereocenters. The van der Waals surface area contributed by atoms with Gasteiger partial charge in [-0.1, -0.05) is 171 Å². The standard InChI is InChI=1S/C30H37N7O.C29H35N7O2.C28H35N7O2S/c1-4-26(38)33-24-14-16-25(17-15-24)34-30-35-28(27-29(36-30)37(19-32-27)20(2)3)31-18-21-10-12-23(13-11-21)22-8-6-5-7-9-22;1-19(2)36-18-31-25-26(30-17-20-9-11-22(12-10-20)21-7-5-4-6-8-21)34-28(35-27(25)36)32-23-13-15-24(16-14-23)33-29(37)38-3;1-19(2)35-18-30-25-26(29-17-20-9-11-22(12-10-20)21-7-5-4-6-8-21)32-28(33-27(25)35)31-23-13-15-24(16-14-23)34-38(3,36)37/h5-13,19-20,24-25H,4,14-18H2,1-3H3,(H,33,38)(H2,31,34,35,36);4-12,18-19,23-24H,13-17H2,1-3H3,(H,33,37)(H2,30,32,34,35);4-12,18-19,23-24,34H,13-17H2,1-3H3,(H2,29,31,32,33). The molecule has 27 heteroatoms. The Bertz CT molecular complexity index is 5020. The summed E-state index contributed by atoms with van der Waals surface area (Å²) >= 11 is 0. The quantitative estimate of drug-likeness (QED) is 0.0243. The summed E-state index contributed by atoms with van der Waals surface area (Å²) in [6.07, 6.45) is 17.5. The van der Waals surface area contributed by atoms with Crippen molar-refractivity contribution < 1.29 is 22.7 Å². The third-order valence-electron chi connectivity index (χ3n) is 21.3. The molecule has 15 rings (SSSR count). The Morgan fingerprint density at radius 2 is 0.675 bits per heavy atom. The van der Waals surface area contributed by atoms with Gasteiger partial charge in [-0.05, 0) is 169 Å². The average Bonchev–Trinajstić information content (AvgIpc) is 1.64. The molecule has 0 aliphatic heterocycles. The van der Waals surface area contributed by atoms with Gasteiger partial charge in [0.25, 0.3) is 0 Å². The number of ether oxygens (including phenoxy) is 1. The van der Waals surface area contributed by atoms with Crippen LogP contribution in [0.5, 0.6) is 0 Å². The van der Waals surface area contributed by atoms with E-state index in [1.165, 1.54) is 52.3 Å². The summed E-state index contributed by atoms with van der Waals surface area (Å²) in [5, 5.41) is 27.1. The Kier molecular flexibility index (Phi) is 26.7. The molecule has 0 unspecified atom stereocenters. The summed E-state index contributed by atoms with van der Waals surface area (Å²) < 4.78 is 36.8. The lowest BCUT2D eigenvalue weighted by Gasteiger charge is -2.29. The first kappa shape index (κ1) is 80.5. The van der Waals surface area contributed by atoms with Crippen molar-refractivity contribution in [2.24, 2.45) is 0 Å². The molecule has 0 radical (unpaired) electrons.